The fraction of sp³-hybridized carbons (Fsp3) is 0.440. The molecule has 0 saturated carbocycles. The summed E-state index contributed by atoms with van der Waals surface area (Å²) in [5.41, 5.74) is 1.39. The molecule has 1 N–H and O–H groups in total. The molecule has 0 radical (unpaired) electrons. The van der Waals surface area contributed by atoms with Crippen molar-refractivity contribution in [3.8, 4) is 0 Å². The molecule has 36 heavy (non-hydrogen) atoms. The predicted octanol–water partition coefficient (Wildman–Crippen LogP) is 5.44. The highest BCUT2D eigenvalue weighted by Crippen LogP contribution is 2.29. The molecule has 0 heterocycles. The van der Waals surface area contributed by atoms with Gasteiger partial charge in [0.2, 0.25) is 21.8 Å². The molecule has 2 amide bonds. The summed E-state index contributed by atoms with van der Waals surface area (Å²) >= 11 is 18.9. The summed E-state index contributed by atoms with van der Waals surface area (Å²) in [7, 11) is -3.87. The van der Waals surface area contributed by atoms with Gasteiger partial charge in [-0.05, 0) is 49.6 Å². The first kappa shape index (κ1) is 30.2. The molecule has 1 atom stereocenters. The average Bonchev–Trinajstić information content (AvgIpc) is 2.80. The zero-order valence-corrected chi connectivity index (χ0v) is 23.9. The van der Waals surface area contributed by atoms with Crippen LogP contribution in [-0.4, -0.2) is 50.5 Å². The second-order valence-electron chi connectivity index (χ2n) is 8.49. The number of carbonyl (C=O) groups excluding carboxylic acids is 2. The Morgan fingerprint density at radius 1 is 1.06 bits per heavy atom. The molecule has 2 aromatic carbocycles. The minimum atomic E-state index is -3.87. The second kappa shape index (κ2) is 13.5. The summed E-state index contributed by atoms with van der Waals surface area (Å²) in [5.74, 6) is -0.902. The second-order valence-corrected chi connectivity index (χ2v) is 11.6. The average molecular weight is 577 g/mol. The van der Waals surface area contributed by atoms with Gasteiger partial charge in [0.15, 0.2) is 0 Å². The maximum absolute atomic E-state index is 13.8. The minimum absolute atomic E-state index is 0.0663. The number of nitrogens with zero attached hydrogens (tertiary/aromatic N) is 2. The smallest absolute Gasteiger partial charge is 0.244 e. The van der Waals surface area contributed by atoms with Crippen molar-refractivity contribution >= 4 is 62.3 Å². The minimum Gasteiger partial charge on any atom is -0.354 e. The molecule has 11 heteroatoms. The van der Waals surface area contributed by atoms with Crippen LogP contribution < -0.4 is 9.62 Å². The van der Waals surface area contributed by atoms with Crippen LogP contribution in [0.4, 0.5) is 5.69 Å². The van der Waals surface area contributed by atoms with Crippen molar-refractivity contribution in [1.82, 2.24) is 10.2 Å². The van der Waals surface area contributed by atoms with E-state index in [1.54, 1.807) is 44.2 Å². The van der Waals surface area contributed by atoms with Gasteiger partial charge < -0.3 is 10.2 Å². The number of unbranched alkanes of at least 4 members (excludes halogenated alkanes) is 1. The number of rotatable bonds is 12. The summed E-state index contributed by atoms with van der Waals surface area (Å²) in [6.07, 6.45) is 3.02. The molecular weight excluding hydrogens is 545 g/mol. The molecule has 0 aliphatic carbocycles. The molecular formula is C25H32Cl3N3O4S. The Morgan fingerprint density at radius 3 is 2.25 bits per heavy atom. The number of benzene rings is 2. The lowest BCUT2D eigenvalue weighted by Crippen LogP contribution is -2.52. The standard InChI is InChI=1S/C25H32Cl3N3O4S/c1-5-7-13-29-25(33)22(6-2)30(15-19-20(27)9-8-10-21(19)28)24(32)16-31(36(4,34)35)23-14-18(26)12-11-17(23)3/h8-12,14,22H,5-7,13,15-16H2,1-4H3,(H,29,33). The fourth-order valence-corrected chi connectivity index (χ4v) is 5.31. The summed E-state index contributed by atoms with van der Waals surface area (Å²) in [6, 6.07) is 8.93. The zero-order chi connectivity index (χ0) is 27.0. The van der Waals surface area contributed by atoms with E-state index in [4.69, 9.17) is 34.8 Å². The number of anilines is 1. The van der Waals surface area contributed by atoms with Crippen LogP contribution in [0.5, 0.6) is 0 Å². The van der Waals surface area contributed by atoms with E-state index < -0.39 is 28.5 Å². The van der Waals surface area contributed by atoms with Crippen LogP contribution in [-0.2, 0) is 26.2 Å². The Balaban J connectivity index is 2.51. The van der Waals surface area contributed by atoms with E-state index in [1.165, 1.54) is 11.0 Å². The first-order valence-electron chi connectivity index (χ1n) is 11.6. The van der Waals surface area contributed by atoms with E-state index in [-0.39, 0.29) is 18.1 Å². The van der Waals surface area contributed by atoms with Crippen LogP contribution in [0.2, 0.25) is 15.1 Å². The molecule has 0 aromatic heterocycles. The normalized spacial score (nSPS) is 12.2. The van der Waals surface area contributed by atoms with Gasteiger partial charge >= 0.3 is 0 Å². The van der Waals surface area contributed by atoms with Gasteiger partial charge in [-0.2, -0.15) is 0 Å². The van der Waals surface area contributed by atoms with Crippen molar-refractivity contribution in [2.45, 2.75) is 52.6 Å². The van der Waals surface area contributed by atoms with Gasteiger partial charge in [-0.1, -0.05) is 67.2 Å². The van der Waals surface area contributed by atoms with Gasteiger partial charge in [0, 0.05) is 33.7 Å². The molecule has 0 saturated heterocycles. The lowest BCUT2D eigenvalue weighted by Gasteiger charge is -2.33. The number of hydrogen-bond donors (Lipinski definition) is 1. The van der Waals surface area contributed by atoms with Crippen LogP contribution in [0.25, 0.3) is 0 Å². The highest BCUT2D eigenvalue weighted by molar-refractivity contribution is 7.92. The van der Waals surface area contributed by atoms with Crippen LogP contribution >= 0.6 is 34.8 Å². The zero-order valence-electron chi connectivity index (χ0n) is 20.9. The Hall–Kier alpha value is -2.00. The molecule has 0 aliphatic rings. The number of halogens is 3. The van der Waals surface area contributed by atoms with Crippen molar-refractivity contribution in [3.63, 3.8) is 0 Å². The summed E-state index contributed by atoms with van der Waals surface area (Å²) < 4.78 is 26.5. The monoisotopic (exact) mass is 575 g/mol. The van der Waals surface area contributed by atoms with E-state index in [0.29, 0.717) is 39.2 Å². The Kier molecular flexibility index (Phi) is 11.3. The van der Waals surface area contributed by atoms with Crippen LogP contribution in [0, 0.1) is 6.92 Å². The third-order valence-electron chi connectivity index (χ3n) is 5.72. The van der Waals surface area contributed by atoms with E-state index in [0.717, 1.165) is 23.4 Å². The summed E-state index contributed by atoms with van der Waals surface area (Å²) in [4.78, 5) is 28.2. The third kappa shape index (κ3) is 8.00. The first-order valence-corrected chi connectivity index (χ1v) is 14.6. The molecule has 0 spiro atoms. The van der Waals surface area contributed by atoms with Crippen molar-refractivity contribution in [1.29, 1.82) is 0 Å². The number of carbonyl (C=O) groups is 2. The molecule has 2 rings (SSSR count). The third-order valence-corrected chi connectivity index (χ3v) is 7.79. The van der Waals surface area contributed by atoms with Gasteiger partial charge in [0.25, 0.3) is 0 Å². The van der Waals surface area contributed by atoms with Crippen LogP contribution in [0.1, 0.15) is 44.2 Å². The van der Waals surface area contributed by atoms with Gasteiger partial charge in [-0.3, -0.25) is 13.9 Å². The largest absolute Gasteiger partial charge is 0.354 e. The molecule has 2 aromatic rings. The Bertz CT molecular complexity index is 1170. The Morgan fingerprint density at radius 2 is 1.69 bits per heavy atom. The van der Waals surface area contributed by atoms with Gasteiger partial charge in [-0.25, -0.2) is 8.42 Å². The summed E-state index contributed by atoms with van der Waals surface area (Å²) in [6.45, 7) is 5.40. The Labute approximate surface area is 228 Å². The molecule has 198 valence electrons. The molecule has 0 fully saturated rings. The quantitative estimate of drug-likeness (QED) is 0.341. The van der Waals surface area contributed by atoms with Crippen molar-refractivity contribution in [2.75, 3.05) is 23.7 Å². The fourth-order valence-electron chi connectivity index (χ4n) is 3.73. The van der Waals surface area contributed by atoms with Gasteiger partial charge in [0.1, 0.15) is 12.6 Å². The van der Waals surface area contributed by atoms with Gasteiger partial charge in [0.05, 0.1) is 11.9 Å². The van der Waals surface area contributed by atoms with Crippen molar-refractivity contribution in [2.24, 2.45) is 0 Å². The van der Waals surface area contributed by atoms with E-state index in [9.17, 15) is 18.0 Å². The highest BCUT2D eigenvalue weighted by atomic mass is 35.5. The number of amides is 2. The van der Waals surface area contributed by atoms with E-state index in [2.05, 4.69) is 5.32 Å². The molecule has 7 nitrogen and oxygen atoms in total. The maximum atomic E-state index is 13.8. The van der Waals surface area contributed by atoms with Crippen molar-refractivity contribution < 1.29 is 18.0 Å². The van der Waals surface area contributed by atoms with E-state index in [1.807, 2.05) is 6.92 Å². The van der Waals surface area contributed by atoms with Crippen LogP contribution in [0.3, 0.4) is 0 Å². The number of hydrogen-bond acceptors (Lipinski definition) is 4. The number of nitrogens with one attached hydrogen (secondary N) is 1. The topological polar surface area (TPSA) is 86.8 Å². The number of sulfonamides is 1. The lowest BCUT2D eigenvalue weighted by molar-refractivity contribution is -0.140. The first-order chi connectivity index (χ1) is 16.9. The predicted molar refractivity (Wildman–Crippen MR) is 147 cm³/mol. The molecule has 1 unspecified atom stereocenters. The van der Waals surface area contributed by atoms with E-state index >= 15 is 0 Å². The molecule has 0 bridgehead atoms. The SMILES string of the molecule is CCCCNC(=O)C(CC)N(Cc1c(Cl)cccc1Cl)C(=O)CN(c1cc(Cl)ccc1C)S(C)(=O)=O. The van der Waals surface area contributed by atoms with Gasteiger partial charge in [-0.15, -0.1) is 0 Å². The maximum Gasteiger partial charge on any atom is 0.244 e. The van der Waals surface area contributed by atoms with Crippen molar-refractivity contribution in [3.05, 3.63) is 62.6 Å². The van der Waals surface area contributed by atoms with Crippen LogP contribution in [0.15, 0.2) is 36.4 Å². The molecule has 0 aliphatic heterocycles. The summed E-state index contributed by atoms with van der Waals surface area (Å²) in [5, 5.41) is 3.88. The highest BCUT2D eigenvalue weighted by Gasteiger charge is 2.32. The lowest BCUT2D eigenvalue weighted by atomic mass is 10.1. The number of aryl methyl sites for hydroxylation is 1.